The molecule has 6 nitrogen and oxygen atoms in total. The van der Waals surface area contributed by atoms with Gasteiger partial charge in [0.25, 0.3) is 5.91 Å². The maximum atomic E-state index is 12.0. The van der Waals surface area contributed by atoms with E-state index in [4.69, 9.17) is 32.7 Å². The third-order valence-electron chi connectivity index (χ3n) is 3.44. The third-order valence-corrected chi connectivity index (χ3v) is 3.99. The molecule has 1 N–H and O–H groups in total. The van der Waals surface area contributed by atoms with Gasteiger partial charge in [-0.1, -0.05) is 37.0 Å². The van der Waals surface area contributed by atoms with E-state index in [1.165, 1.54) is 30.3 Å². The van der Waals surface area contributed by atoms with Crippen molar-refractivity contribution in [2.24, 2.45) is 5.92 Å². The molecule has 0 atom stereocenters. The van der Waals surface area contributed by atoms with Gasteiger partial charge in [0.2, 0.25) is 0 Å². The number of ether oxygens (including phenoxy) is 2. The molecule has 28 heavy (non-hydrogen) atoms. The van der Waals surface area contributed by atoms with E-state index in [2.05, 4.69) is 5.32 Å². The molecule has 148 valence electrons. The summed E-state index contributed by atoms with van der Waals surface area (Å²) in [7, 11) is 0. The zero-order valence-corrected chi connectivity index (χ0v) is 16.8. The molecule has 0 spiro atoms. The topological polar surface area (TPSA) is 81.7 Å². The van der Waals surface area contributed by atoms with Crippen molar-refractivity contribution in [2.45, 2.75) is 13.8 Å². The van der Waals surface area contributed by atoms with E-state index < -0.39 is 24.5 Å². The Morgan fingerprint density at radius 1 is 0.964 bits per heavy atom. The smallest absolute Gasteiger partial charge is 0.340 e. The lowest BCUT2D eigenvalue weighted by atomic mass is 10.2. The van der Waals surface area contributed by atoms with Gasteiger partial charge in [-0.15, -0.1) is 0 Å². The number of hydrogen-bond acceptors (Lipinski definition) is 5. The number of rotatable bonds is 7. The zero-order valence-electron chi connectivity index (χ0n) is 15.3. The van der Waals surface area contributed by atoms with Crippen molar-refractivity contribution in [2.75, 3.05) is 18.5 Å². The maximum absolute atomic E-state index is 12.0. The van der Waals surface area contributed by atoms with Crippen LogP contribution >= 0.6 is 23.2 Å². The van der Waals surface area contributed by atoms with Crippen LogP contribution < -0.4 is 5.32 Å². The average Bonchev–Trinajstić information content (AvgIpc) is 2.64. The molecule has 0 fully saturated rings. The van der Waals surface area contributed by atoms with E-state index in [1.807, 2.05) is 13.8 Å². The lowest BCUT2D eigenvalue weighted by molar-refractivity contribution is -0.119. The van der Waals surface area contributed by atoms with Gasteiger partial charge in [0.1, 0.15) is 0 Å². The Kier molecular flexibility index (Phi) is 7.84. The SMILES string of the molecule is CC(C)COC(=O)c1ccc(NC(=O)COC(=O)c2ccc(Cl)cc2Cl)cc1. The molecule has 0 aliphatic carbocycles. The Hall–Kier alpha value is -2.57. The molecule has 0 saturated heterocycles. The van der Waals surface area contributed by atoms with Gasteiger partial charge < -0.3 is 14.8 Å². The highest BCUT2D eigenvalue weighted by Gasteiger charge is 2.14. The quantitative estimate of drug-likeness (QED) is 0.657. The summed E-state index contributed by atoms with van der Waals surface area (Å²) < 4.78 is 10.1. The molecule has 0 unspecified atom stereocenters. The summed E-state index contributed by atoms with van der Waals surface area (Å²) in [6.45, 7) is 3.73. The Balaban J connectivity index is 1.85. The summed E-state index contributed by atoms with van der Waals surface area (Å²) in [5, 5.41) is 3.09. The molecule has 0 aliphatic rings. The summed E-state index contributed by atoms with van der Waals surface area (Å²) in [6, 6.07) is 10.5. The number of anilines is 1. The maximum Gasteiger partial charge on any atom is 0.340 e. The van der Waals surface area contributed by atoms with E-state index in [0.29, 0.717) is 22.9 Å². The van der Waals surface area contributed by atoms with Crippen LogP contribution in [0.4, 0.5) is 5.69 Å². The molecule has 0 bridgehead atoms. The molecule has 8 heteroatoms. The highest BCUT2D eigenvalue weighted by molar-refractivity contribution is 6.36. The average molecular weight is 424 g/mol. The summed E-state index contributed by atoms with van der Waals surface area (Å²) in [4.78, 5) is 35.8. The first kappa shape index (κ1) is 21.7. The molecule has 0 aliphatic heterocycles. The zero-order chi connectivity index (χ0) is 20.7. The normalized spacial score (nSPS) is 10.5. The predicted molar refractivity (Wildman–Crippen MR) is 107 cm³/mol. The van der Waals surface area contributed by atoms with Gasteiger partial charge in [-0.3, -0.25) is 4.79 Å². The molecule has 0 saturated carbocycles. The fourth-order valence-corrected chi connectivity index (χ4v) is 2.56. The lowest BCUT2D eigenvalue weighted by Gasteiger charge is -2.09. The Morgan fingerprint density at radius 3 is 2.25 bits per heavy atom. The number of benzene rings is 2. The van der Waals surface area contributed by atoms with Crippen molar-refractivity contribution in [1.29, 1.82) is 0 Å². The van der Waals surface area contributed by atoms with Crippen LogP contribution in [0.3, 0.4) is 0 Å². The van der Waals surface area contributed by atoms with Gasteiger partial charge in [0, 0.05) is 10.7 Å². The molecule has 2 rings (SSSR count). The molecular weight excluding hydrogens is 405 g/mol. The fraction of sp³-hybridized carbons (Fsp3) is 0.250. The van der Waals surface area contributed by atoms with Crippen LogP contribution in [0.25, 0.3) is 0 Å². The summed E-state index contributed by atoms with van der Waals surface area (Å²) in [6.07, 6.45) is 0. The molecule has 2 aromatic rings. The molecule has 2 aromatic carbocycles. The van der Waals surface area contributed by atoms with Gasteiger partial charge >= 0.3 is 11.9 Å². The molecule has 0 aromatic heterocycles. The first-order valence-corrected chi connectivity index (χ1v) is 9.21. The van der Waals surface area contributed by atoms with Crippen molar-refractivity contribution < 1.29 is 23.9 Å². The van der Waals surface area contributed by atoms with Crippen LogP contribution in [-0.2, 0) is 14.3 Å². The number of halogens is 2. The molecule has 1 amide bonds. The van der Waals surface area contributed by atoms with Crippen molar-refractivity contribution in [1.82, 2.24) is 0 Å². The fourth-order valence-electron chi connectivity index (χ4n) is 2.08. The minimum Gasteiger partial charge on any atom is -0.462 e. The van der Waals surface area contributed by atoms with Crippen LogP contribution in [0.5, 0.6) is 0 Å². The Morgan fingerprint density at radius 2 is 1.64 bits per heavy atom. The molecule has 0 heterocycles. The minimum absolute atomic E-state index is 0.114. The highest BCUT2D eigenvalue weighted by Crippen LogP contribution is 2.21. The van der Waals surface area contributed by atoms with Crippen molar-refractivity contribution in [3.8, 4) is 0 Å². The first-order chi connectivity index (χ1) is 13.3. The predicted octanol–water partition coefficient (Wildman–Crippen LogP) is 4.60. The number of esters is 2. The van der Waals surface area contributed by atoms with Crippen LogP contribution in [-0.4, -0.2) is 31.1 Å². The van der Waals surface area contributed by atoms with E-state index in [9.17, 15) is 14.4 Å². The van der Waals surface area contributed by atoms with Crippen LogP contribution in [0.1, 0.15) is 34.6 Å². The summed E-state index contributed by atoms with van der Waals surface area (Å²) >= 11 is 11.7. The second-order valence-corrected chi connectivity index (χ2v) is 7.16. The van der Waals surface area contributed by atoms with E-state index >= 15 is 0 Å². The van der Waals surface area contributed by atoms with Gasteiger partial charge in [0.05, 0.1) is 22.8 Å². The largest absolute Gasteiger partial charge is 0.462 e. The van der Waals surface area contributed by atoms with Crippen molar-refractivity contribution in [3.63, 3.8) is 0 Å². The highest BCUT2D eigenvalue weighted by atomic mass is 35.5. The van der Waals surface area contributed by atoms with Crippen LogP contribution in [0.2, 0.25) is 10.0 Å². The van der Waals surface area contributed by atoms with Crippen LogP contribution in [0, 0.1) is 5.92 Å². The number of hydrogen-bond donors (Lipinski definition) is 1. The Bertz CT molecular complexity index is 865. The summed E-state index contributed by atoms with van der Waals surface area (Å²) in [5.41, 5.74) is 0.941. The monoisotopic (exact) mass is 423 g/mol. The van der Waals surface area contributed by atoms with Gasteiger partial charge in [-0.05, 0) is 48.4 Å². The number of nitrogens with one attached hydrogen (secondary N) is 1. The Labute approximate surface area is 172 Å². The van der Waals surface area contributed by atoms with Gasteiger partial charge in [-0.25, -0.2) is 9.59 Å². The summed E-state index contributed by atoms with van der Waals surface area (Å²) in [5.74, 6) is -1.46. The number of amides is 1. The second kappa shape index (κ2) is 10.1. The third kappa shape index (κ3) is 6.55. The van der Waals surface area contributed by atoms with Crippen LogP contribution in [0.15, 0.2) is 42.5 Å². The standard InChI is InChI=1S/C20H19Cl2NO5/c1-12(2)10-27-19(25)13-3-6-15(7-4-13)23-18(24)11-28-20(26)16-8-5-14(21)9-17(16)22/h3-9,12H,10-11H2,1-2H3,(H,23,24). The van der Waals surface area contributed by atoms with E-state index in [-0.39, 0.29) is 16.5 Å². The van der Waals surface area contributed by atoms with E-state index in [0.717, 1.165) is 0 Å². The molecular formula is C20H19Cl2NO5. The first-order valence-electron chi connectivity index (χ1n) is 8.45. The van der Waals surface area contributed by atoms with E-state index in [1.54, 1.807) is 12.1 Å². The number of carbonyl (C=O) groups is 3. The minimum atomic E-state index is -0.736. The molecule has 0 radical (unpaired) electrons. The second-order valence-electron chi connectivity index (χ2n) is 6.32. The van der Waals surface area contributed by atoms with Crippen molar-refractivity contribution in [3.05, 3.63) is 63.6 Å². The van der Waals surface area contributed by atoms with Crippen molar-refractivity contribution >= 4 is 46.7 Å². The van der Waals surface area contributed by atoms with Gasteiger partial charge in [-0.2, -0.15) is 0 Å². The number of carbonyl (C=O) groups excluding carboxylic acids is 3. The lowest BCUT2D eigenvalue weighted by Crippen LogP contribution is -2.21. The van der Waals surface area contributed by atoms with Gasteiger partial charge in [0.15, 0.2) is 6.61 Å².